The number of hydrogen-bond acceptors (Lipinski definition) is 9. The largest absolute Gasteiger partial charge is 0.491 e. The van der Waals surface area contributed by atoms with Crippen LogP contribution in [0, 0.1) is 0 Å². The molecule has 0 atom stereocenters. The maximum absolute atomic E-state index is 11.0. The molecule has 0 aliphatic carbocycles. The highest BCUT2D eigenvalue weighted by Crippen LogP contribution is 2.15. The van der Waals surface area contributed by atoms with E-state index in [0.717, 1.165) is 24.5 Å². The first-order valence-electron chi connectivity index (χ1n) is 14.8. The quantitative estimate of drug-likeness (QED) is 0.134. The van der Waals surface area contributed by atoms with E-state index in [1.807, 2.05) is 0 Å². The highest BCUT2D eigenvalue weighted by molar-refractivity contribution is 5.88. The van der Waals surface area contributed by atoms with E-state index < -0.39 is 0 Å². The van der Waals surface area contributed by atoms with Crippen molar-refractivity contribution in [3.8, 4) is 5.75 Å². The maximum Gasteiger partial charge on any atom is 0.221 e. The number of ether oxygens (including phenoxy) is 8. The molecule has 0 saturated carbocycles. The van der Waals surface area contributed by atoms with Crippen molar-refractivity contribution in [1.82, 2.24) is 0 Å². The van der Waals surface area contributed by atoms with Gasteiger partial charge in [0.25, 0.3) is 0 Å². The Kier molecular flexibility index (Phi) is 26.0. The molecule has 1 rings (SSSR count). The van der Waals surface area contributed by atoms with Crippen molar-refractivity contribution >= 4 is 11.6 Å². The van der Waals surface area contributed by atoms with E-state index in [1.54, 1.807) is 24.3 Å². The van der Waals surface area contributed by atoms with Crippen molar-refractivity contribution in [1.29, 1.82) is 0 Å². The molecule has 1 N–H and O–H groups in total. The molecule has 0 unspecified atom stereocenters. The molecule has 0 spiro atoms. The third-order valence-electron chi connectivity index (χ3n) is 5.55. The Bertz CT molecular complexity index is 676. The Balaban J connectivity index is 1.69. The summed E-state index contributed by atoms with van der Waals surface area (Å²) in [5, 5.41) is 2.71. The predicted octanol–water partition coefficient (Wildman–Crippen LogP) is 4.50. The zero-order valence-electron chi connectivity index (χ0n) is 24.8. The van der Waals surface area contributed by atoms with E-state index in [0.29, 0.717) is 92.5 Å². The molecule has 1 aromatic rings. The van der Waals surface area contributed by atoms with E-state index in [-0.39, 0.29) is 5.91 Å². The van der Waals surface area contributed by atoms with Crippen LogP contribution in [0.25, 0.3) is 0 Å². The van der Waals surface area contributed by atoms with Gasteiger partial charge in [0.2, 0.25) is 5.91 Å². The van der Waals surface area contributed by atoms with E-state index >= 15 is 0 Å². The Labute approximate surface area is 241 Å². The van der Waals surface area contributed by atoms with Crippen molar-refractivity contribution in [2.45, 2.75) is 52.4 Å². The van der Waals surface area contributed by atoms with Gasteiger partial charge in [0.15, 0.2) is 0 Å². The first kappa shape index (κ1) is 36.2. The number of nitrogens with one attached hydrogen (secondary N) is 1. The number of anilines is 1. The topological polar surface area (TPSA) is 103 Å². The molecule has 0 aromatic heterocycles. The van der Waals surface area contributed by atoms with Crippen LogP contribution in [0.5, 0.6) is 5.75 Å². The second-order valence-electron chi connectivity index (χ2n) is 9.11. The van der Waals surface area contributed by atoms with Crippen LogP contribution in [0.4, 0.5) is 5.69 Å². The summed E-state index contributed by atoms with van der Waals surface area (Å²) in [4.78, 5) is 11.0. The zero-order chi connectivity index (χ0) is 28.8. The van der Waals surface area contributed by atoms with Gasteiger partial charge in [-0.1, -0.05) is 39.0 Å². The Morgan fingerprint density at radius 2 is 0.900 bits per heavy atom. The van der Waals surface area contributed by atoms with Gasteiger partial charge >= 0.3 is 0 Å². The molecule has 10 heteroatoms. The third kappa shape index (κ3) is 25.2. The lowest BCUT2D eigenvalue weighted by Crippen LogP contribution is -2.15. The fourth-order valence-corrected chi connectivity index (χ4v) is 3.46. The van der Waals surface area contributed by atoms with Crippen molar-refractivity contribution in [2.75, 3.05) is 104 Å². The van der Waals surface area contributed by atoms with E-state index in [2.05, 4.69) is 12.2 Å². The first-order chi connectivity index (χ1) is 19.7. The standard InChI is InChI=1S/C30H53NO9/c1-3-4-5-6-7-8-13-33-14-15-34-16-17-35-18-19-36-20-21-37-22-23-38-24-25-39-26-27-40-30-11-9-29(10-12-30)31-28(2)32/h9-12H,3-8,13-27H2,1-2H3,(H,31,32). The summed E-state index contributed by atoms with van der Waals surface area (Å²) < 4.78 is 44.1. The molecule has 40 heavy (non-hydrogen) atoms. The number of hydrogen-bond donors (Lipinski definition) is 1. The van der Waals surface area contributed by atoms with Crippen LogP contribution in [0.1, 0.15) is 52.4 Å². The monoisotopic (exact) mass is 571 g/mol. The number of amides is 1. The van der Waals surface area contributed by atoms with E-state index in [9.17, 15) is 4.79 Å². The van der Waals surface area contributed by atoms with Crippen LogP contribution < -0.4 is 10.1 Å². The van der Waals surface area contributed by atoms with Gasteiger partial charge in [-0.3, -0.25) is 4.79 Å². The fraction of sp³-hybridized carbons (Fsp3) is 0.767. The first-order valence-corrected chi connectivity index (χ1v) is 14.8. The van der Waals surface area contributed by atoms with Crippen molar-refractivity contribution in [3.63, 3.8) is 0 Å². The lowest BCUT2D eigenvalue weighted by Gasteiger charge is -2.09. The summed E-state index contributed by atoms with van der Waals surface area (Å²) in [7, 11) is 0. The molecule has 0 radical (unpaired) electrons. The maximum atomic E-state index is 11.0. The van der Waals surface area contributed by atoms with Crippen molar-refractivity contribution in [2.24, 2.45) is 0 Å². The molecule has 1 amide bonds. The molecule has 1 aromatic carbocycles. The zero-order valence-corrected chi connectivity index (χ0v) is 24.8. The average Bonchev–Trinajstić information content (AvgIpc) is 2.95. The van der Waals surface area contributed by atoms with Crippen molar-refractivity contribution in [3.05, 3.63) is 24.3 Å². The molecule has 0 heterocycles. The Morgan fingerprint density at radius 3 is 1.32 bits per heavy atom. The number of unbranched alkanes of at least 4 members (excludes halogenated alkanes) is 5. The van der Waals surface area contributed by atoms with Gasteiger partial charge in [-0.05, 0) is 30.7 Å². The van der Waals surface area contributed by atoms with E-state index in [4.69, 9.17) is 37.9 Å². The summed E-state index contributed by atoms with van der Waals surface area (Å²) >= 11 is 0. The van der Waals surface area contributed by atoms with Gasteiger partial charge in [-0.15, -0.1) is 0 Å². The van der Waals surface area contributed by atoms with Gasteiger partial charge in [0.05, 0.1) is 85.9 Å². The summed E-state index contributed by atoms with van der Waals surface area (Å²) in [6.07, 6.45) is 7.68. The lowest BCUT2D eigenvalue weighted by molar-refractivity contribution is -0.114. The van der Waals surface area contributed by atoms with Crippen LogP contribution in [-0.2, 0) is 38.0 Å². The van der Waals surface area contributed by atoms with Gasteiger partial charge in [0, 0.05) is 19.2 Å². The summed E-state index contributed by atoms with van der Waals surface area (Å²) in [6.45, 7) is 11.9. The minimum absolute atomic E-state index is 0.102. The van der Waals surface area contributed by atoms with Crippen LogP contribution >= 0.6 is 0 Å². The second-order valence-corrected chi connectivity index (χ2v) is 9.11. The smallest absolute Gasteiger partial charge is 0.221 e. The third-order valence-corrected chi connectivity index (χ3v) is 5.55. The molecule has 232 valence electrons. The lowest BCUT2D eigenvalue weighted by atomic mass is 10.1. The van der Waals surface area contributed by atoms with Crippen molar-refractivity contribution < 1.29 is 42.7 Å². The van der Waals surface area contributed by atoms with Crippen LogP contribution in [-0.4, -0.2) is 105 Å². The molecule has 0 fully saturated rings. The predicted molar refractivity (Wildman–Crippen MR) is 155 cm³/mol. The summed E-state index contributed by atoms with van der Waals surface area (Å²) in [5.74, 6) is 0.623. The van der Waals surface area contributed by atoms with Gasteiger partial charge in [-0.25, -0.2) is 0 Å². The van der Waals surface area contributed by atoms with E-state index in [1.165, 1.54) is 39.0 Å². The molecule has 0 bridgehead atoms. The van der Waals surface area contributed by atoms with Crippen LogP contribution in [0.15, 0.2) is 24.3 Å². The van der Waals surface area contributed by atoms with Gasteiger partial charge in [-0.2, -0.15) is 0 Å². The normalized spacial score (nSPS) is 11.2. The van der Waals surface area contributed by atoms with Crippen LogP contribution in [0.2, 0.25) is 0 Å². The second kappa shape index (κ2) is 28.7. The molecular formula is C30H53NO9. The minimum atomic E-state index is -0.102. The molecule has 10 nitrogen and oxygen atoms in total. The summed E-state index contributed by atoms with van der Waals surface area (Å²) in [6, 6.07) is 7.20. The number of carbonyl (C=O) groups excluding carboxylic acids is 1. The highest BCUT2D eigenvalue weighted by atomic mass is 16.6. The SMILES string of the molecule is CCCCCCCCOCCOCCOCCOCCOCCOCCOCCOc1ccc(NC(C)=O)cc1. The molecular weight excluding hydrogens is 518 g/mol. The number of benzene rings is 1. The molecule has 0 aliphatic rings. The number of rotatable bonds is 30. The van der Waals surface area contributed by atoms with Gasteiger partial charge in [0.1, 0.15) is 12.4 Å². The van der Waals surface area contributed by atoms with Crippen LogP contribution in [0.3, 0.4) is 0 Å². The Morgan fingerprint density at radius 1 is 0.525 bits per heavy atom. The highest BCUT2D eigenvalue weighted by Gasteiger charge is 1.98. The Hall–Kier alpha value is -1.79. The molecule has 0 saturated heterocycles. The number of carbonyl (C=O) groups is 1. The fourth-order valence-electron chi connectivity index (χ4n) is 3.46. The molecule has 0 aliphatic heterocycles. The minimum Gasteiger partial charge on any atom is -0.491 e. The average molecular weight is 572 g/mol. The van der Waals surface area contributed by atoms with Gasteiger partial charge < -0.3 is 43.2 Å². The summed E-state index contributed by atoms with van der Waals surface area (Å²) in [5.41, 5.74) is 0.738.